The van der Waals surface area contributed by atoms with Crippen LogP contribution in [-0.4, -0.2) is 42.3 Å². The number of benzene rings is 1. The quantitative estimate of drug-likeness (QED) is 0.873. The largest absolute Gasteiger partial charge is 0.495 e. The second-order valence-electron chi connectivity index (χ2n) is 5.60. The molecule has 0 bridgehead atoms. The van der Waals surface area contributed by atoms with E-state index in [2.05, 4.69) is 14.7 Å². The summed E-state index contributed by atoms with van der Waals surface area (Å²) in [5.41, 5.74) is 0.641. The highest BCUT2D eigenvalue weighted by atomic mass is 32.2. The molecule has 0 unspecified atom stereocenters. The Kier molecular flexibility index (Phi) is 5.02. The molecule has 0 spiro atoms. The smallest absolute Gasteiger partial charge is 0.246 e. The first kappa shape index (κ1) is 17.1. The molecule has 1 aromatic heterocycles. The lowest BCUT2D eigenvalue weighted by molar-refractivity contribution is 0.343. The Labute approximate surface area is 145 Å². The second-order valence-corrected chi connectivity index (χ2v) is 8.26. The summed E-state index contributed by atoms with van der Waals surface area (Å²) < 4.78 is 36.9. The van der Waals surface area contributed by atoms with Crippen molar-refractivity contribution in [2.45, 2.75) is 31.1 Å². The topological polar surface area (TPSA) is 84.4 Å². The van der Waals surface area contributed by atoms with E-state index in [-0.39, 0.29) is 4.90 Å². The summed E-state index contributed by atoms with van der Waals surface area (Å²) >= 11 is 1.23. The number of aryl methyl sites for hydroxylation is 1. The number of sulfonamides is 1. The first-order chi connectivity index (χ1) is 11.5. The summed E-state index contributed by atoms with van der Waals surface area (Å²) in [7, 11) is -2.10. The zero-order valence-corrected chi connectivity index (χ0v) is 15.3. The van der Waals surface area contributed by atoms with Crippen molar-refractivity contribution in [1.29, 1.82) is 0 Å². The molecule has 0 saturated carbocycles. The highest BCUT2D eigenvalue weighted by molar-refractivity contribution is 7.89. The number of nitrogens with zero attached hydrogens (tertiary/aromatic N) is 3. The molecule has 24 heavy (non-hydrogen) atoms. The van der Waals surface area contributed by atoms with Crippen LogP contribution in [0, 0.1) is 6.92 Å². The molecular formula is C15H20N4O3S2. The Morgan fingerprint density at radius 3 is 2.62 bits per heavy atom. The SMILES string of the molecule is COc1ccc(Nc2nc(C)ns2)cc1S(=O)(=O)N1CCCCC1. The van der Waals surface area contributed by atoms with Gasteiger partial charge in [0, 0.05) is 30.3 Å². The number of ether oxygens (including phenoxy) is 1. The number of rotatable bonds is 5. The molecule has 1 aromatic carbocycles. The first-order valence-electron chi connectivity index (χ1n) is 7.76. The normalized spacial score (nSPS) is 16.1. The van der Waals surface area contributed by atoms with Crippen molar-refractivity contribution in [2.24, 2.45) is 0 Å². The van der Waals surface area contributed by atoms with Crippen molar-refractivity contribution in [3.63, 3.8) is 0 Å². The van der Waals surface area contributed by atoms with E-state index in [1.807, 2.05) is 6.92 Å². The fourth-order valence-corrected chi connectivity index (χ4v) is 4.97. The van der Waals surface area contributed by atoms with Crippen LogP contribution in [0.2, 0.25) is 0 Å². The van der Waals surface area contributed by atoms with Crippen molar-refractivity contribution in [2.75, 3.05) is 25.5 Å². The van der Waals surface area contributed by atoms with Gasteiger partial charge in [-0.15, -0.1) is 0 Å². The van der Waals surface area contributed by atoms with Crippen molar-refractivity contribution in [1.82, 2.24) is 13.7 Å². The van der Waals surface area contributed by atoms with Crippen LogP contribution >= 0.6 is 11.5 Å². The van der Waals surface area contributed by atoms with E-state index < -0.39 is 10.0 Å². The highest BCUT2D eigenvalue weighted by Crippen LogP contribution is 2.32. The number of aromatic nitrogens is 2. The van der Waals surface area contributed by atoms with E-state index in [9.17, 15) is 8.42 Å². The maximum atomic E-state index is 13.0. The average Bonchev–Trinajstić information content (AvgIpc) is 3.00. The number of piperidine rings is 1. The molecule has 0 amide bonds. The molecule has 1 N–H and O–H groups in total. The molecule has 7 nitrogen and oxygen atoms in total. The van der Waals surface area contributed by atoms with Gasteiger partial charge in [-0.3, -0.25) is 0 Å². The van der Waals surface area contributed by atoms with Gasteiger partial charge in [-0.1, -0.05) is 6.42 Å². The van der Waals surface area contributed by atoms with E-state index >= 15 is 0 Å². The molecule has 1 aliphatic heterocycles. The monoisotopic (exact) mass is 368 g/mol. The van der Waals surface area contributed by atoms with Crippen LogP contribution < -0.4 is 10.1 Å². The van der Waals surface area contributed by atoms with Crippen LogP contribution in [-0.2, 0) is 10.0 Å². The summed E-state index contributed by atoms with van der Waals surface area (Å²) in [6.45, 7) is 2.92. The van der Waals surface area contributed by atoms with Crippen LogP contribution in [0.4, 0.5) is 10.8 Å². The standard InChI is InChI=1S/C15H20N4O3S2/c1-11-16-15(23-18-11)17-12-6-7-13(22-2)14(10-12)24(20,21)19-8-4-3-5-9-19/h6-7,10H,3-5,8-9H2,1-2H3,(H,16,17,18). The molecule has 130 valence electrons. The minimum Gasteiger partial charge on any atom is -0.495 e. The van der Waals surface area contributed by atoms with Crippen LogP contribution in [0.1, 0.15) is 25.1 Å². The van der Waals surface area contributed by atoms with Gasteiger partial charge < -0.3 is 10.1 Å². The number of anilines is 2. The Balaban J connectivity index is 1.94. The van der Waals surface area contributed by atoms with E-state index in [1.165, 1.54) is 22.9 Å². The number of nitrogens with one attached hydrogen (secondary N) is 1. The second kappa shape index (κ2) is 7.04. The maximum absolute atomic E-state index is 13.0. The predicted octanol–water partition coefficient (Wildman–Crippen LogP) is 2.77. The van der Waals surface area contributed by atoms with E-state index in [0.717, 1.165) is 19.3 Å². The van der Waals surface area contributed by atoms with Gasteiger partial charge in [0.1, 0.15) is 16.5 Å². The zero-order chi connectivity index (χ0) is 17.2. The van der Waals surface area contributed by atoms with Crippen LogP contribution in [0.25, 0.3) is 0 Å². The van der Waals surface area contributed by atoms with Crippen molar-refractivity contribution < 1.29 is 13.2 Å². The lowest BCUT2D eigenvalue weighted by Crippen LogP contribution is -2.35. The Morgan fingerprint density at radius 1 is 1.25 bits per heavy atom. The van der Waals surface area contributed by atoms with Gasteiger partial charge in [0.2, 0.25) is 15.2 Å². The number of hydrogen-bond acceptors (Lipinski definition) is 7. The molecule has 1 fully saturated rings. The van der Waals surface area contributed by atoms with Gasteiger partial charge in [-0.2, -0.15) is 8.68 Å². The van der Waals surface area contributed by atoms with Crippen LogP contribution in [0.3, 0.4) is 0 Å². The fourth-order valence-electron chi connectivity index (χ4n) is 2.67. The fraction of sp³-hybridized carbons (Fsp3) is 0.467. The third-order valence-electron chi connectivity index (χ3n) is 3.88. The molecule has 1 saturated heterocycles. The van der Waals surface area contributed by atoms with E-state index in [0.29, 0.717) is 35.5 Å². The number of methoxy groups -OCH3 is 1. The molecule has 0 radical (unpaired) electrons. The highest BCUT2D eigenvalue weighted by Gasteiger charge is 2.29. The minimum absolute atomic E-state index is 0.179. The third-order valence-corrected chi connectivity index (χ3v) is 6.52. The maximum Gasteiger partial charge on any atom is 0.246 e. The van der Waals surface area contributed by atoms with Crippen LogP contribution in [0.15, 0.2) is 23.1 Å². The van der Waals surface area contributed by atoms with Gasteiger partial charge in [-0.05, 0) is 38.0 Å². The lowest BCUT2D eigenvalue weighted by atomic mass is 10.2. The molecule has 0 atom stereocenters. The Morgan fingerprint density at radius 2 is 2.00 bits per heavy atom. The van der Waals surface area contributed by atoms with Gasteiger partial charge >= 0.3 is 0 Å². The lowest BCUT2D eigenvalue weighted by Gasteiger charge is -2.26. The summed E-state index contributed by atoms with van der Waals surface area (Å²) in [5, 5.41) is 3.72. The van der Waals surface area contributed by atoms with Gasteiger partial charge in [-0.25, -0.2) is 13.4 Å². The van der Waals surface area contributed by atoms with Gasteiger partial charge in [0.05, 0.1) is 7.11 Å². The Hall–Kier alpha value is -1.71. The number of hydrogen-bond donors (Lipinski definition) is 1. The molecule has 2 heterocycles. The van der Waals surface area contributed by atoms with Gasteiger partial charge in [0.25, 0.3) is 0 Å². The summed E-state index contributed by atoms with van der Waals surface area (Å²) in [6, 6.07) is 5.03. The molecule has 9 heteroatoms. The molecular weight excluding hydrogens is 348 g/mol. The summed E-state index contributed by atoms with van der Waals surface area (Å²) in [4.78, 5) is 4.41. The predicted molar refractivity (Wildman–Crippen MR) is 93.5 cm³/mol. The van der Waals surface area contributed by atoms with Crippen molar-refractivity contribution in [3.8, 4) is 5.75 Å². The van der Waals surface area contributed by atoms with E-state index in [1.54, 1.807) is 18.2 Å². The Bertz CT molecular complexity index is 814. The minimum atomic E-state index is -3.58. The first-order valence-corrected chi connectivity index (χ1v) is 9.97. The third kappa shape index (κ3) is 3.52. The van der Waals surface area contributed by atoms with Crippen LogP contribution in [0.5, 0.6) is 5.75 Å². The average molecular weight is 368 g/mol. The molecule has 1 aliphatic rings. The zero-order valence-electron chi connectivity index (χ0n) is 13.7. The summed E-state index contributed by atoms with van der Waals surface area (Å²) in [6.07, 6.45) is 2.86. The molecule has 0 aliphatic carbocycles. The summed E-state index contributed by atoms with van der Waals surface area (Å²) in [5.74, 6) is 1.02. The molecule has 3 rings (SSSR count). The molecule has 2 aromatic rings. The van der Waals surface area contributed by atoms with Crippen molar-refractivity contribution >= 4 is 32.4 Å². The van der Waals surface area contributed by atoms with E-state index in [4.69, 9.17) is 4.74 Å². The van der Waals surface area contributed by atoms with Gasteiger partial charge in [0.15, 0.2) is 0 Å². The van der Waals surface area contributed by atoms with Crippen molar-refractivity contribution in [3.05, 3.63) is 24.0 Å².